The van der Waals surface area contributed by atoms with Gasteiger partial charge in [0.1, 0.15) is 11.8 Å². The van der Waals surface area contributed by atoms with E-state index in [0.29, 0.717) is 18.5 Å². The zero-order chi connectivity index (χ0) is 23.2. The Morgan fingerprint density at radius 3 is 2.64 bits per heavy atom. The third kappa shape index (κ3) is 4.38. The van der Waals surface area contributed by atoms with Crippen LogP contribution in [0.15, 0.2) is 30.5 Å². The van der Waals surface area contributed by atoms with E-state index in [4.69, 9.17) is 5.26 Å². The van der Waals surface area contributed by atoms with Crippen LogP contribution in [0.25, 0.3) is 5.57 Å². The van der Waals surface area contributed by atoms with Crippen molar-refractivity contribution in [2.75, 3.05) is 32.5 Å². The molecule has 1 amide bonds. The Hall–Kier alpha value is -2.80. The molecule has 2 heterocycles. The van der Waals surface area contributed by atoms with Gasteiger partial charge >= 0.3 is 0 Å². The van der Waals surface area contributed by atoms with Crippen LogP contribution in [0.5, 0.6) is 0 Å². The SMILES string of the molecule is CN1CC(c2ccc(NC(=O)c3ncc(C#N)[nH]3)c(C3=CCC4(CC3)CC4)c2)CN(C)S1=O. The molecule has 5 rings (SSSR count). The monoisotopic (exact) mass is 464 g/mol. The number of hydrogen-bond acceptors (Lipinski definition) is 4. The highest BCUT2D eigenvalue weighted by atomic mass is 32.2. The van der Waals surface area contributed by atoms with Gasteiger partial charge < -0.3 is 10.3 Å². The molecule has 1 spiro atoms. The number of amides is 1. The average molecular weight is 465 g/mol. The van der Waals surface area contributed by atoms with Crippen molar-refractivity contribution in [3.63, 3.8) is 0 Å². The van der Waals surface area contributed by atoms with Gasteiger partial charge in [-0.15, -0.1) is 0 Å². The number of likely N-dealkylation sites (N-methyl/N-ethyl adjacent to an activating group) is 2. The zero-order valence-electron chi connectivity index (χ0n) is 18.9. The van der Waals surface area contributed by atoms with Crippen molar-refractivity contribution >= 4 is 28.3 Å². The summed E-state index contributed by atoms with van der Waals surface area (Å²) in [6.45, 7) is 1.43. The summed E-state index contributed by atoms with van der Waals surface area (Å²) in [4.78, 5) is 19.6. The Balaban J connectivity index is 1.46. The molecule has 1 aliphatic heterocycles. The molecular weight excluding hydrogens is 436 g/mol. The van der Waals surface area contributed by atoms with Crippen LogP contribution in [-0.2, 0) is 11.2 Å². The first-order valence-corrected chi connectivity index (χ1v) is 12.4. The number of carbonyl (C=O) groups is 1. The van der Waals surface area contributed by atoms with E-state index in [1.54, 1.807) is 0 Å². The highest BCUT2D eigenvalue weighted by Gasteiger charge is 2.43. The molecule has 8 nitrogen and oxygen atoms in total. The summed E-state index contributed by atoms with van der Waals surface area (Å²) in [5.41, 5.74) is 5.01. The van der Waals surface area contributed by atoms with Gasteiger partial charge in [-0.1, -0.05) is 12.1 Å². The Morgan fingerprint density at radius 2 is 2.03 bits per heavy atom. The van der Waals surface area contributed by atoms with Crippen LogP contribution in [0.3, 0.4) is 0 Å². The lowest BCUT2D eigenvalue weighted by Crippen LogP contribution is -2.45. The molecule has 0 atom stereocenters. The van der Waals surface area contributed by atoms with Crippen molar-refractivity contribution in [1.82, 2.24) is 18.6 Å². The minimum Gasteiger partial charge on any atom is -0.326 e. The molecule has 1 aromatic carbocycles. The van der Waals surface area contributed by atoms with Crippen LogP contribution in [0.2, 0.25) is 0 Å². The molecule has 0 radical (unpaired) electrons. The third-order valence-corrected chi connectivity index (χ3v) is 8.54. The molecular formula is C24H28N6O2S. The summed E-state index contributed by atoms with van der Waals surface area (Å²) in [6, 6.07) is 8.16. The molecule has 0 unspecified atom stereocenters. The topological polar surface area (TPSA) is 105 Å². The first-order valence-electron chi connectivity index (χ1n) is 11.3. The first kappa shape index (κ1) is 22.0. The van der Waals surface area contributed by atoms with Gasteiger partial charge in [0.2, 0.25) is 0 Å². The van der Waals surface area contributed by atoms with Crippen molar-refractivity contribution in [3.05, 3.63) is 53.1 Å². The number of allylic oxidation sites excluding steroid dienone is 2. The number of anilines is 1. The second kappa shape index (κ2) is 8.52. The number of carbonyl (C=O) groups excluding carboxylic acids is 1. The van der Waals surface area contributed by atoms with Gasteiger partial charge in [-0.05, 0) is 60.8 Å². The molecule has 2 N–H and O–H groups in total. The maximum absolute atomic E-state index is 12.8. The zero-order valence-corrected chi connectivity index (χ0v) is 19.7. The number of rotatable bonds is 4. The Morgan fingerprint density at radius 1 is 1.27 bits per heavy atom. The number of benzene rings is 1. The lowest BCUT2D eigenvalue weighted by Gasteiger charge is -2.35. The van der Waals surface area contributed by atoms with E-state index >= 15 is 0 Å². The van der Waals surface area contributed by atoms with Crippen LogP contribution >= 0.6 is 0 Å². The largest absolute Gasteiger partial charge is 0.326 e. The maximum atomic E-state index is 12.8. The van der Waals surface area contributed by atoms with Gasteiger partial charge in [0, 0.05) is 44.4 Å². The molecule has 9 heteroatoms. The Labute approximate surface area is 196 Å². The molecule has 2 aromatic rings. The smallest absolute Gasteiger partial charge is 0.291 e. The van der Waals surface area contributed by atoms with Crippen molar-refractivity contribution in [2.45, 2.75) is 38.0 Å². The third-order valence-electron chi connectivity index (χ3n) is 7.17. The minimum absolute atomic E-state index is 0.120. The highest BCUT2D eigenvalue weighted by molar-refractivity contribution is 7.80. The number of aromatic amines is 1. The number of aromatic nitrogens is 2. The summed E-state index contributed by atoms with van der Waals surface area (Å²) in [5, 5.41) is 12.0. The van der Waals surface area contributed by atoms with Crippen LogP contribution in [0.4, 0.5) is 5.69 Å². The van der Waals surface area contributed by atoms with Gasteiger partial charge in [-0.2, -0.15) is 5.26 Å². The first-order chi connectivity index (χ1) is 15.9. The quantitative estimate of drug-likeness (QED) is 0.723. The average Bonchev–Trinajstić information content (AvgIpc) is 3.38. The van der Waals surface area contributed by atoms with Crippen LogP contribution in [0, 0.1) is 16.7 Å². The van der Waals surface area contributed by atoms with Gasteiger partial charge in [-0.3, -0.25) is 4.79 Å². The summed E-state index contributed by atoms with van der Waals surface area (Å²) in [5.74, 6) is -0.0225. The summed E-state index contributed by atoms with van der Waals surface area (Å²) >= 11 is -1.10. The second-order valence-electron chi connectivity index (χ2n) is 9.50. The Kier molecular flexibility index (Phi) is 5.69. The van der Waals surface area contributed by atoms with E-state index in [0.717, 1.165) is 24.1 Å². The number of nitriles is 1. The van der Waals surface area contributed by atoms with Crippen molar-refractivity contribution in [1.29, 1.82) is 5.26 Å². The van der Waals surface area contributed by atoms with Crippen molar-refractivity contribution < 1.29 is 9.00 Å². The summed E-state index contributed by atoms with van der Waals surface area (Å²) < 4.78 is 16.0. The van der Waals surface area contributed by atoms with Gasteiger partial charge in [0.05, 0.1) is 6.20 Å². The van der Waals surface area contributed by atoms with E-state index in [1.807, 2.05) is 40.9 Å². The fourth-order valence-electron chi connectivity index (χ4n) is 4.94. The summed E-state index contributed by atoms with van der Waals surface area (Å²) in [7, 11) is 3.76. The molecule has 33 heavy (non-hydrogen) atoms. The number of hydrogen-bond donors (Lipinski definition) is 2. The number of nitrogens with one attached hydrogen (secondary N) is 2. The van der Waals surface area contributed by atoms with E-state index in [-0.39, 0.29) is 23.3 Å². The molecule has 2 fully saturated rings. The van der Waals surface area contributed by atoms with Gasteiger partial charge in [-0.25, -0.2) is 17.8 Å². The molecule has 172 valence electrons. The number of H-pyrrole nitrogens is 1. The van der Waals surface area contributed by atoms with E-state index < -0.39 is 11.2 Å². The van der Waals surface area contributed by atoms with Gasteiger partial charge in [0.15, 0.2) is 17.0 Å². The molecule has 0 bridgehead atoms. The van der Waals surface area contributed by atoms with Crippen molar-refractivity contribution in [3.8, 4) is 6.07 Å². The normalized spacial score (nSPS) is 24.8. The van der Waals surface area contributed by atoms with Gasteiger partial charge in [0.25, 0.3) is 5.91 Å². The lowest BCUT2D eigenvalue weighted by molar-refractivity contribution is 0.101. The molecule has 2 aliphatic carbocycles. The van der Waals surface area contributed by atoms with Crippen LogP contribution in [0.1, 0.15) is 65.5 Å². The molecule has 1 aromatic heterocycles. The molecule has 1 saturated heterocycles. The fraction of sp³-hybridized carbons (Fsp3) is 0.458. The second-order valence-corrected chi connectivity index (χ2v) is 11.2. The number of nitrogens with zero attached hydrogens (tertiary/aromatic N) is 4. The molecule has 3 aliphatic rings. The van der Waals surface area contributed by atoms with E-state index in [9.17, 15) is 9.00 Å². The van der Waals surface area contributed by atoms with E-state index in [2.05, 4.69) is 27.4 Å². The highest BCUT2D eigenvalue weighted by Crippen LogP contribution is 2.56. The fourth-order valence-corrected chi connectivity index (χ4v) is 6.03. The molecule has 1 saturated carbocycles. The predicted molar refractivity (Wildman–Crippen MR) is 127 cm³/mol. The van der Waals surface area contributed by atoms with Crippen LogP contribution < -0.4 is 5.32 Å². The van der Waals surface area contributed by atoms with E-state index in [1.165, 1.54) is 36.6 Å². The predicted octanol–water partition coefficient (Wildman–Crippen LogP) is 3.42. The number of imidazole rings is 1. The van der Waals surface area contributed by atoms with Crippen molar-refractivity contribution in [2.24, 2.45) is 5.41 Å². The summed E-state index contributed by atoms with van der Waals surface area (Å²) in [6.07, 6.45) is 9.62. The maximum Gasteiger partial charge on any atom is 0.291 e. The lowest BCUT2D eigenvalue weighted by atomic mass is 9.83. The standard InChI is InChI=1S/C24H28N6O2S/c1-29-14-18(15-30(2)33(29)32)17-3-4-21(28-23(31)22-26-13-19(12-25)27-22)20(11-17)16-5-7-24(8-6-16)9-10-24/h3-5,11,13,18H,6-10,14-15H2,1-2H3,(H,26,27)(H,28,31). The Bertz CT molecular complexity index is 1180. The minimum atomic E-state index is -1.10. The van der Waals surface area contributed by atoms with Crippen LogP contribution in [-0.4, -0.2) is 55.9 Å².